The Labute approximate surface area is 174 Å². The highest BCUT2D eigenvalue weighted by molar-refractivity contribution is 8.26. The zero-order valence-corrected chi connectivity index (χ0v) is 17.3. The first kappa shape index (κ1) is 20.3. The van der Waals surface area contributed by atoms with E-state index in [1.807, 2.05) is 54.6 Å². The molecule has 0 saturated carbocycles. The molecule has 144 valence electrons. The number of carbonyl (C=O) groups is 2. The van der Waals surface area contributed by atoms with Crippen molar-refractivity contribution in [1.29, 1.82) is 0 Å². The molecule has 2 aromatic carbocycles. The van der Waals surface area contributed by atoms with Crippen molar-refractivity contribution < 1.29 is 14.7 Å². The number of rotatable bonds is 6. The molecule has 6 heteroatoms. The van der Waals surface area contributed by atoms with Crippen LogP contribution in [0.2, 0.25) is 0 Å². The van der Waals surface area contributed by atoms with Crippen LogP contribution in [0.1, 0.15) is 36.5 Å². The first-order chi connectivity index (χ1) is 13.4. The molecule has 1 heterocycles. The second-order valence-electron chi connectivity index (χ2n) is 6.92. The normalized spacial score (nSPS) is 16.8. The fraction of sp³-hybridized carbons (Fsp3) is 0.227. The van der Waals surface area contributed by atoms with Gasteiger partial charge in [-0.2, -0.15) is 0 Å². The number of benzene rings is 2. The molecule has 3 rings (SSSR count). The van der Waals surface area contributed by atoms with Crippen molar-refractivity contribution in [2.45, 2.75) is 32.2 Å². The van der Waals surface area contributed by atoms with E-state index in [4.69, 9.17) is 12.2 Å². The van der Waals surface area contributed by atoms with Crippen molar-refractivity contribution in [3.05, 3.63) is 76.2 Å². The maximum absolute atomic E-state index is 12.9. The molecule has 1 atom stereocenters. The molecule has 1 aliphatic rings. The van der Waals surface area contributed by atoms with Crippen LogP contribution in [0.4, 0.5) is 0 Å². The van der Waals surface area contributed by atoms with E-state index in [1.165, 1.54) is 10.5 Å². The Bertz CT molecular complexity index is 921. The molecule has 0 aliphatic carbocycles. The largest absolute Gasteiger partial charge is 0.480 e. The van der Waals surface area contributed by atoms with Gasteiger partial charge in [-0.15, -0.1) is 0 Å². The number of amides is 1. The van der Waals surface area contributed by atoms with E-state index < -0.39 is 12.0 Å². The summed E-state index contributed by atoms with van der Waals surface area (Å²) in [6.45, 7) is 4.25. The van der Waals surface area contributed by atoms with Gasteiger partial charge in [-0.05, 0) is 28.7 Å². The zero-order chi connectivity index (χ0) is 20.3. The van der Waals surface area contributed by atoms with Gasteiger partial charge in [0.25, 0.3) is 5.91 Å². The van der Waals surface area contributed by atoms with E-state index in [-0.39, 0.29) is 16.6 Å². The van der Waals surface area contributed by atoms with E-state index in [0.717, 1.165) is 22.9 Å². The summed E-state index contributed by atoms with van der Waals surface area (Å²) in [6.07, 6.45) is 1.98. The van der Waals surface area contributed by atoms with E-state index in [1.54, 1.807) is 6.08 Å². The minimum absolute atomic E-state index is 0.207. The maximum Gasteiger partial charge on any atom is 0.327 e. The topological polar surface area (TPSA) is 57.6 Å². The molecule has 1 saturated heterocycles. The summed E-state index contributed by atoms with van der Waals surface area (Å²) in [6, 6.07) is 16.2. The fourth-order valence-electron chi connectivity index (χ4n) is 3.00. The minimum Gasteiger partial charge on any atom is -0.480 e. The highest BCUT2D eigenvalue weighted by Crippen LogP contribution is 2.35. The average Bonchev–Trinajstić information content (AvgIpc) is 2.94. The molecule has 0 aromatic heterocycles. The molecular weight excluding hydrogens is 390 g/mol. The Kier molecular flexibility index (Phi) is 6.31. The SMILES string of the molecule is CC(C)c1ccc(C=C2SC(=S)N(C(Cc3ccccc3)C(=O)O)C2=O)cc1. The van der Waals surface area contributed by atoms with Crippen molar-refractivity contribution in [1.82, 2.24) is 4.90 Å². The summed E-state index contributed by atoms with van der Waals surface area (Å²) in [5.74, 6) is -0.990. The second-order valence-corrected chi connectivity index (χ2v) is 8.59. The van der Waals surface area contributed by atoms with Crippen LogP contribution in [0.25, 0.3) is 6.08 Å². The lowest BCUT2D eigenvalue weighted by Gasteiger charge is -2.23. The van der Waals surface area contributed by atoms with E-state index >= 15 is 0 Å². The van der Waals surface area contributed by atoms with Crippen molar-refractivity contribution >= 4 is 46.3 Å². The van der Waals surface area contributed by atoms with E-state index in [9.17, 15) is 14.7 Å². The van der Waals surface area contributed by atoms with Crippen LogP contribution < -0.4 is 0 Å². The highest BCUT2D eigenvalue weighted by Gasteiger charge is 2.40. The van der Waals surface area contributed by atoms with Crippen LogP contribution in [0, 0.1) is 0 Å². The van der Waals surface area contributed by atoms with E-state index in [0.29, 0.717) is 10.8 Å². The van der Waals surface area contributed by atoms with Gasteiger partial charge >= 0.3 is 5.97 Å². The first-order valence-corrected chi connectivity index (χ1v) is 10.2. The van der Waals surface area contributed by atoms with Gasteiger partial charge in [0, 0.05) is 6.42 Å². The third kappa shape index (κ3) is 4.51. The quantitative estimate of drug-likeness (QED) is 0.551. The number of carboxylic acids is 1. The van der Waals surface area contributed by atoms with Crippen LogP contribution in [-0.4, -0.2) is 32.2 Å². The predicted molar refractivity (Wildman–Crippen MR) is 117 cm³/mol. The molecule has 1 amide bonds. The van der Waals surface area contributed by atoms with Crippen molar-refractivity contribution in [3.63, 3.8) is 0 Å². The van der Waals surface area contributed by atoms with Gasteiger partial charge in [0.15, 0.2) is 0 Å². The van der Waals surface area contributed by atoms with Crippen LogP contribution >= 0.6 is 24.0 Å². The number of thioether (sulfide) groups is 1. The van der Waals surface area contributed by atoms with Gasteiger partial charge in [0.2, 0.25) is 0 Å². The molecule has 2 aromatic rings. The van der Waals surface area contributed by atoms with Gasteiger partial charge in [0.1, 0.15) is 10.4 Å². The monoisotopic (exact) mass is 411 g/mol. The highest BCUT2D eigenvalue weighted by atomic mass is 32.2. The Morgan fingerprint density at radius 1 is 1.14 bits per heavy atom. The van der Waals surface area contributed by atoms with Crippen LogP contribution in [0.5, 0.6) is 0 Å². The molecule has 0 radical (unpaired) electrons. The fourth-order valence-corrected chi connectivity index (χ4v) is 4.36. The summed E-state index contributed by atoms with van der Waals surface area (Å²) in [7, 11) is 0. The second kappa shape index (κ2) is 8.71. The van der Waals surface area contributed by atoms with Crippen LogP contribution in [0.3, 0.4) is 0 Å². The third-order valence-corrected chi connectivity index (χ3v) is 5.92. The van der Waals surface area contributed by atoms with Gasteiger partial charge in [-0.3, -0.25) is 9.69 Å². The molecule has 1 fully saturated rings. The number of aliphatic carboxylic acids is 1. The molecule has 1 unspecified atom stereocenters. The molecule has 1 aliphatic heterocycles. The Balaban J connectivity index is 1.84. The predicted octanol–water partition coefficient (Wildman–Crippen LogP) is 4.71. The number of carboxylic acid groups (broad SMARTS) is 1. The number of thiocarbonyl (C=S) groups is 1. The zero-order valence-electron chi connectivity index (χ0n) is 15.7. The molecule has 1 N–H and O–H groups in total. The van der Waals surface area contributed by atoms with Crippen molar-refractivity contribution in [2.75, 3.05) is 0 Å². The lowest BCUT2D eigenvalue weighted by molar-refractivity contribution is -0.145. The summed E-state index contributed by atoms with van der Waals surface area (Å²) >= 11 is 6.49. The van der Waals surface area contributed by atoms with Gasteiger partial charge in [-0.1, -0.05) is 92.4 Å². The summed E-state index contributed by atoms with van der Waals surface area (Å²) in [5, 5.41) is 9.71. The summed E-state index contributed by atoms with van der Waals surface area (Å²) in [5.41, 5.74) is 2.95. The van der Waals surface area contributed by atoms with Crippen LogP contribution in [-0.2, 0) is 16.0 Å². The molecular formula is C22H21NO3S2. The third-order valence-electron chi connectivity index (χ3n) is 4.59. The van der Waals surface area contributed by atoms with Crippen molar-refractivity contribution in [2.24, 2.45) is 0 Å². The van der Waals surface area contributed by atoms with Gasteiger partial charge < -0.3 is 5.11 Å². The lowest BCUT2D eigenvalue weighted by atomic mass is 10.0. The number of nitrogens with zero attached hydrogens (tertiary/aromatic N) is 1. The Hall–Kier alpha value is -2.44. The number of hydrogen-bond donors (Lipinski definition) is 1. The molecule has 0 bridgehead atoms. The smallest absolute Gasteiger partial charge is 0.327 e. The standard InChI is InChI=1S/C22H21NO3S2/c1-14(2)17-10-8-16(9-11-17)13-19-20(24)23(22(27)28-19)18(21(25)26)12-15-6-4-3-5-7-15/h3-11,13-14,18H,12H2,1-2H3,(H,25,26). The molecule has 0 spiro atoms. The van der Waals surface area contributed by atoms with Gasteiger partial charge in [-0.25, -0.2) is 4.79 Å². The number of hydrogen-bond acceptors (Lipinski definition) is 4. The Morgan fingerprint density at radius 3 is 2.36 bits per heavy atom. The van der Waals surface area contributed by atoms with Crippen LogP contribution in [0.15, 0.2) is 59.5 Å². The summed E-state index contributed by atoms with van der Waals surface area (Å²) < 4.78 is 0.276. The van der Waals surface area contributed by atoms with Crippen molar-refractivity contribution in [3.8, 4) is 0 Å². The van der Waals surface area contributed by atoms with Gasteiger partial charge in [0.05, 0.1) is 4.91 Å². The van der Waals surface area contributed by atoms with E-state index in [2.05, 4.69) is 13.8 Å². The molecule has 4 nitrogen and oxygen atoms in total. The minimum atomic E-state index is -1.07. The average molecular weight is 412 g/mol. The Morgan fingerprint density at radius 2 is 1.79 bits per heavy atom. The maximum atomic E-state index is 12.9. The number of carbonyl (C=O) groups excluding carboxylic acids is 1. The summed E-state index contributed by atoms with van der Waals surface area (Å²) in [4.78, 5) is 26.5. The first-order valence-electron chi connectivity index (χ1n) is 9.00. The molecule has 28 heavy (non-hydrogen) atoms. The lowest BCUT2D eigenvalue weighted by Crippen LogP contribution is -2.45.